The first-order chi connectivity index (χ1) is 10.7. The molecule has 0 aliphatic rings. The molecule has 4 heteroatoms. The number of nitrogens with zero attached hydrogens (tertiary/aromatic N) is 1. The minimum absolute atomic E-state index is 0.134. The van der Waals surface area contributed by atoms with Gasteiger partial charge in [0.05, 0.1) is 25.9 Å². The maximum atomic E-state index is 12.2. The van der Waals surface area contributed by atoms with Crippen molar-refractivity contribution in [2.45, 2.75) is 0 Å². The van der Waals surface area contributed by atoms with Gasteiger partial charge in [-0.3, -0.25) is 4.79 Å². The molecule has 0 radical (unpaired) electrons. The van der Waals surface area contributed by atoms with E-state index < -0.39 is 0 Å². The monoisotopic (exact) mass is 293 g/mol. The van der Waals surface area contributed by atoms with Crippen LogP contribution in [-0.4, -0.2) is 20.0 Å². The number of methoxy groups -OCH3 is 2. The molecule has 22 heavy (non-hydrogen) atoms. The SMILES string of the molecule is COc1ccc(C(=O)C=Cc2ccc(C#N)cc2)cc1OC. The molecule has 2 aromatic rings. The van der Waals surface area contributed by atoms with Gasteiger partial charge in [0.2, 0.25) is 0 Å². The van der Waals surface area contributed by atoms with Gasteiger partial charge in [0.1, 0.15) is 0 Å². The highest BCUT2D eigenvalue weighted by Gasteiger charge is 2.08. The fourth-order valence-electron chi connectivity index (χ4n) is 1.93. The van der Waals surface area contributed by atoms with Crippen LogP contribution in [0.1, 0.15) is 21.5 Å². The number of hydrogen-bond acceptors (Lipinski definition) is 4. The molecule has 110 valence electrons. The van der Waals surface area contributed by atoms with Crippen molar-refractivity contribution in [3.8, 4) is 17.6 Å². The molecule has 0 fully saturated rings. The van der Waals surface area contributed by atoms with E-state index in [-0.39, 0.29) is 5.78 Å². The van der Waals surface area contributed by atoms with Crippen molar-refractivity contribution in [2.24, 2.45) is 0 Å². The predicted molar refractivity (Wildman–Crippen MR) is 84.1 cm³/mol. The molecule has 0 atom stereocenters. The second-order valence-corrected chi connectivity index (χ2v) is 4.50. The Bertz CT molecular complexity index is 740. The van der Waals surface area contributed by atoms with Crippen LogP contribution in [0.3, 0.4) is 0 Å². The lowest BCUT2D eigenvalue weighted by Gasteiger charge is -2.07. The summed E-state index contributed by atoms with van der Waals surface area (Å²) in [6.45, 7) is 0. The number of ether oxygens (including phenoxy) is 2. The van der Waals surface area contributed by atoms with Crippen molar-refractivity contribution >= 4 is 11.9 Å². The Morgan fingerprint density at radius 1 is 1.05 bits per heavy atom. The first-order valence-corrected chi connectivity index (χ1v) is 6.62. The maximum Gasteiger partial charge on any atom is 0.185 e. The average molecular weight is 293 g/mol. The Labute approximate surface area is 129 Å². The highest BCUT2D eigenvalue weighted by atomic mass is 16.5. The molecular weight excluding hydrogens is 278 g/mol. The fraction of sp³-hybridized carbons (Fsp3) is 0.111. The van der Waals surface area contributed by atoms with Crippen LogP contribution >= 0.6 is 0 Å². The number of benzene rings is 2. The van der Waals surface area contributed by atoms with Gasteiger partial charge in [-0.25, -0.2) is 0 Å². The molecule has 0 aliphatic carbocycles. The zero-order valence-corrected chi connectivity index (χ0v) is 12.4. The van der Waals surface area contributed by atoms with Crippen molar-refractivity contribution in [3.05, 3.63) is 65.2 Å². The van der Waals surface area contributed by atoms with Crippen molar-refractivity contribution in [3.63, 3.8) is 0 Å². The lowest BCUT2D eigenvalue weighted by Crippen LogP contribution is -1.97. The van der Waals surface area contributed by atoms with Crippen molar-refractivity contribution in [2.75, 3.05) is 14.2 Å². The van der Waals surface area contributed by atoms with Crippen LogP contribution in [0.25, 0.3) is 6.08 Å². The molecule has 0 aliphatic heterocycles. The molecular formula is C18H15NO3. The Morgan fingerprint density at radius 3 is 2.32 bits per heavy atom. The molecule has 0 unspecified atom stereocenters. The van der Waals surface area contributed by atoms with Crippen molar-refractivity contribution in [1.82, 2.24) is 0 Å². The summed E-state index contributed by atoms with van der Waals surface area (Å²) in [4.78, 5) is 12.2. The molecule has 0 spiro atoms. The van der Waals surface area contributed by atoms with Crippen LogP contribution < -0.4 is 9.47 Å². The van der Waals surface area contributed by atoms with E-state index >= 15 is 0 Å². The number of carbonyl (C=O) groups is 1. The van der Waals surface area contributed by atoms with Crippen LogP contribution in [-0.2, 0) is 0 Å². The van der Waals surface area contributed by atoms with Crippen molar-refractivity contribution in [1.29, 1.82) is 5.26 Å². The van der Waals surface area contributed by atoms with Gasteiger partial charge < -0.3 is 9.47 Å². The number of nitriles is 1. The summed E-state index contributed by atoms with van der Waals surface area (Å²) in [5, 5.41) is 8.74. The van der Waals surface area contributed by atoms with Gasteiger partial charge in [-0.05, 0) is 42.0 Å². The molecule has 0 saturated heterocycles. The van der Waals surface area contributed by atoms with Gasteiger partial charge in [0, 0.05) is 5.56 Å². The van der Waals surface area contributed by atoms with E-state index in [0.29, 0.717) is 22.6 Å². The fourth-order valence-corrected chi connectivity index (χ4v) is 1.93. The largest absolute Gasteiger partial charge is 0.493 e. The number of carbonyl (C=O) groups excluding carboxylic acids is 1. The third-order valence-corrected chi connectivity index (χ3v) is 3.13. The Balaban J connectivity index is 2.17. The Kier molecular flexibility index (Phi) is 4.94. The average Bonchev–Trinajstić information content (AvgIpc) is 2.59. The van der Waals surface area contributed by atoms with E-state index in [2.05, 4.69) is 6.07 Å². The minimum atomic E-state index is -0.134. The topological polar surface area (TPSA) is 59.3 Å². The smallest absolute Gasteiger partial charge is 0.185 e. The number of ketones is 1. The summed E-state index contributed by atoms with van der Waals surface area (Å²) < 4.78 is 10.3. The van der Waals surface area contributed by atoms with E-state index in [9.17, 15) is 4.79 Å². The van der Waals surface area contributed by atoms with Crippen LogP contribution in [0.4, 0.5) is 0 Å². The highest BCUT2D eigenvalue weighted by molar-refractivity contribution is 6.07. The maximum absolute atomic E-state index is 12.2. The molecule has 2 rings (SSSR count). The third kappa shape index (κ3) is 3.53. The van der Waals surface area contributed by atoms with Gasteiger partial charge in [-0.15, -0.1) is 0 Å². The minimum Gasteiger partial charge on any atom is -0.493 e. The molecule has 0 saturated carbocycles. The van der Waals surface area contributed by atoms with Crippen LogP contribution in [0.15, 0.2) is 48.5 Å². The molecule has 0 bridgehead atoms. The first-order valence-electron chi connectivity index (χ1n) is 6.62. The van der Waals surface area contributed by atoms with Gasteiger partial charge in [-0.1, -0.05) is 18.2 Å². The van der Waals surface area contributed by atoms with Gasteiger partial charge >= 0.3 is 0 Å². The zero-order chi connectivity index (χ0) is 15.9. The second kappa shape index (κ2) is 7.09. The lowest BCUT2D eigenvalue weighted by atomic mass is 10.1. The number of allylic oxidation sites excluding steroid dienone is 1. The van der Waals surface area contributed by atoms with E-state index in [1.54, 1.807) is 55.7 Å². The van der Waals surface area contributed by atoms with E-state index in [1.807, 2.05) is 0 Å². The molecule has 0 aromatic heterocycles. The summed E-state index contributed by atoms with van der Waals surface area (Å²) in [6.07, 6.45) is 3.20. The Hall–Kier alpha value is -3.06. The van der Waals surface area contributed by atoms with Crippen molar-refractivity contribution < 1.29 is 14.3 Å². The van der Waals surface area contributed by atoms with E-state index in [0.717, 1.165) is 5.56 Å². The van der Waals surface area contributed by atoms with E-state index in [4.69, 9.17) is 14.7 Å². The predicted octanol–water partition coefficient (Wildman–Crippen LogP) is 3.47. The van der Waals surface area contributed by atoms with Crippen LogP contribution in [0.2, 0.25) is 0 Å². The standard InChI is InChI=1S/C18H15NO3/c1-21-17-10-8-15(11-18(17)22-2)16(20)9-7-13-3-5-14(12-19)6-4-13/h3-11H,1-2H3. The Morgan fingerprint density at radius 2 is 1.73 bits per heavy atom. The van der Waals surface area contributed by atoms with E-state index in [1.165, 1.54) is 13.2 Å². The van der Waals surface area contributed by atoms with Gasteiger partial charge in [0.25, 0.3) is 0 Å². The zero-order valence-electron chi connectivity index (χ0n) is 12.4. The third-order valence-electron chi connectivity index (χ3n) is 3.13. The highest BCUT2D eigenvalue weighted by Crippen LogP contribution is 2.27. The summed E-state index contributed by atoms with van der Waals surface area (Å²) in [7, 11) is 3.07. The summed E-state index contributed by atoms with van der Waals surface area (Å²) >= 11 is 0. The summed E-state index contributed by atoms with van der Waals surface area (Å²) in [5.41, 5.74) is 1.96. The van der Waals surface area contributed by atoms with Crippen LogP contribution in [0.5, 0.6) is 11.5 Å². The van der Waals surface area contributed by atoms with Gasteiger partial charge in [0.15, 0.2) is 17.3 Å². The molecule has 0 N–H and O–H groups in total. The normalized spacial score (nSPS) is 10.2. The quantitative estimate of drug-likeness (QED) is 0.625. The van der Waals surface area contributed by atoms with Gasteiger partial charge in [-0.2, -0.15) is 5.26 Å². The first kappa shape index (κ1) is 15.3. The molecule has 0 heterocycles. The van der Waals surface area contributed by atoms with Crippen LogP contribution in [0, 0.1) is 11.3 Å². The molecule has 2 aromatic carbocycles. The molecule has 4 nitrogen and oxygen atoms in total. The molecule has 0 amide bonds. The number of rotatable bonds is 5. The second-order valence-electron chi connectivity index (χ2n) is 4.50. The number of hydrogen-bond donors (Lipinski definition) is 0. The lowest BCUT2D eigenvalue weighted by molar-refractivity contribution is 0.104. The summed E-state index contributed by atoms with van der Waals surface area (Å²) in [5.74, 6) is 0.959. The summed E-state index contributed by atoms with van der Waals surface area (Å²) in [6, 6.07) is 14.1.